The molecule has 27 heavy (non-hydrogen) atoms. The van der Waals surface area contributed by atoms with Crippen molar-refractivity contribution in [2.75, 3.05) is 13.1 Å². The summed E-state index contributed by atoms with van der Waals surface area (Å²) in [6, 6.07) is 13.0. The molecule has 0 saturated carbocycles. The standard InChI is InChI=1S/C20H20F2N4S/c21-16-9-10-18(17(22)13-16)26-19(15-7-3-1-4-8-15)23-25(20(26)27)14-24-11-5-2-6-12-24/h1,3-4,7-10,13H,2,5-6,11-12,14H2. The highest BCUT2D eigenvalue weighted by atomic mass is 32.1. The van der Waals surface area contributed by atoms with Gasteiger partial charge in [-0.3, -0.25) is 9.47 Å². The van der Waals surface area contributed by atoms with E-state index < -0.39 is 11.6 Å². The number of halogens is 2. The van der Waals surface area contributed by atoms with Crippen molar-refractivity contribution >= 4 is 12.2 Å². The molecule has 2 aromatic carbocycles. The highest BCUT2D eigenvalue weighted by molar-refractivity contribution is 7.71. The number of hydrogen-bond donors (Lipinski definition) is 0. The van der Waals surface area contributed by atoms with Crippen molar-refractivity contribution in [3.05, 3.63) is 64.9 Å². The minimum absolute atomic E-state index is 0.199. The van der Waals surface area contributed by atoms with Crippen LogP contribution < -0.4 is 0 Å². The summed E-state index contributed by atoms with van der Waals surface area (Å²) in [6.07, 6.45) is 3.56. The maximum atomic E-state index is 14.5. The van der Waals surface area contributed by atoms with Crippen LogP contribution in [0.3, 0.4) is 0 Å². The molecule has 1 fully saturated rings. The second-order valence-corrected chi connectivity index (χ2v) is 7.09. The fourth-order valence-corrected chi connectivity index (χ4v) is 3.73. The van der Waals surface area contributed by atoms with Crippen molar-refractivity contribution in [1.82, 2.24) is 19.2 Å². The number of piperidine rings is 1. The van der Waals surface area contributed by atoms with Crippen molar-refractivity contribution in [3.8, 4) is 17.1 Å². The molecule has 0 atom stereocenters. The summed E-state index contributed by atoms with van der Waals surface area (Å²) in [6.45, 7) is 2.56. The van der Waals surface area contributed by atoms with Crippen molar-refractivity contribution in [3.63, 3.8) is 0 Å². The zero-order valence-electron chi connectivity index (χ0n) is 14.8. The van der Waals surface area contributed by atoms with Gasteiger partial charge < -0.3 is 0 Å². The van der Waals surface area contributed by atoms with E-state index in [2.05, 4.69) is 10.00 Å². The van der Waals surface area contributed by atoms with Gasteiger partial charge >= 0.3 is 0 Å². The summed E-state index contributed by atoms with van der Waals surface area (Å²) in [5, 5.41) is 4.69. The van der Waals surface area contributed by atoms with Crippen LogP contribution in [0.4, 0.5) is 8.78 Å². The first-order valence-electron chi connectivity index (χ1n) is 9.06. The fourth-order valence-electron chi connectivity index (χ4n) is 3.44. The number of benzene rings is 2. The predicted octanol–water partition coefficient (Wildman–Crippen LogP) is 4.79. The average molecular weight is 386 g/mol. The van der Waals surface area contributed by atoms with Crippen LogP contribution in [0, 0.1) is 16.4 Å². The van der Waals surface area contributed by atoms with Crippen LogP contribution in [-0.2, 0) is 6.67 Å². The third kappa shape index (κ3) is 3.70. The summed E-state index contributed by atoms with van der Waals surface area (Å²) in [5.74, 6) is -0.742. The van der Waals surface area contributed by atoms with E-state index in [4.69, 9.17) is 12.2 Å². The van der Waals surface area contributed by atoms with Crippen molar-refractivity contribution in [2.24, 2.45) is 0 Å². The lowest BCUT2D eigenvalue weighted by atomic mass is 10.1. The number of likely N-dealkylation sites (tertiary alicyclic amines) is 1. The summed E-state index contributed by atoms with van der Waals surface area (Å²) in [7, 11) is 0. The summed E-state index contributed by atoms with van der Waals surface area (Å²) in [4.78, 5) is 2.30. The molecular weight excluding hydrogens is 366 g/mol. The van der Waals surface area contributed by atoms with Crippen molar-refractivity contribution < 1.29 is 8.78 Å². The maximum Gasteiger partial charge on any atom is 0.204 e. The van der Waals surface area contributed by atoms with E-state index in [1.807, 2.05) is 30.3 Å². The Balaban J connectivity index is 1.83. The molecule has 0 N–H and O–H groups in total. The van der Waals surface area contributed by atoms with E-state index in [9.17, 15) is 8.78 Å². The lowest BCUT2D eigenvalue weighted by Gasteiger charge is -2.25. The number of hydrogen-bond acceptors (Lipinski definition) is 3. The zero-order valence-corrected chi connectivity index (χ0v) is 15.6. The number of aromatic nitrogens is 3. The normalized spacial score (nSPS) is 15.2. The van der Waals surface area contributed by atoms with Gasteiger partial charge in [-0.15, -0.1) is 5.10 Å². The molecule has 7 heteroatoms. The van der Waals surface area contributed by atoms with Crippen LogP contribution in [0.15, 0.2) is 48.5 Å². The quantitative estimate of drug-likeness (QED) is 0.603. The van der Waals surface area contributed by atoms with Crippen LogP contribution in [-0.4, -0.2) is 32.3 Å². The van der Waals surface area contributed by atoms with Gasteiger partial charge in [0.15, 0.2) is 5.82 Å². The third-order valence-electron chi connectivity index (χ3n) is 4.80. The monoisotopic (exact) mass is 386 g/mol. The molecule has 1 aliphatic heterocycles. The topological polar surface area (TPSA) is 26.0 Å². The molecule has 0 unspecified atom stereocenters. The lowest BCUT2D eigenvalue weighted by Crippen LogP contribution is -2.32. The largest absolute Gasteiger partial charge is 0.284 e. The van der Waals surface area contributed by atoms with Gasteiger partial charge in [0, 0.05) is 11.6 Å². The first-order valence-corrected chi connectivity index (χ1v) is 9.47. The molecule has 3 aromatic rings. The lowest BCUT2D eigenvalue weighted by molar-refractivity contribution is 0.172. The van der Waals surface area contributed by atoms with Gasteiger partial charge in [0.2, 0.25) is 4.77 Å². The first-order chi connectivity index (χ1) is 13.1. The number of rotatable bonds is 4. The summed E-state index contributed by atoms with van der Waals surface area (Å²) in [5.41, 5.74) is 1.02. The Morgan fingerprint density at radius 1 is 0.963 bits per heavy atom. The third-order valence-corrected chi connectivity index (χ3v) is 5.20. The van der Waals surface area contributed by atoms with E-state index >= 15 is 0 Å². The van der Waals surface area contributed by atoms with E-state index in [0.29, 0.717) is 17.3 Å². The Bertz CT molecular complexity index is 991. The second-order valence-electron chi connectivity index (χ2n) is 6.72. The van der Waals surface area contributed by atoms with Gasteiger partial charge in [-0.2, -0.15) is 0 Å². The van der Waals surface area contributed by atoms with Gasteiger partial charge in [0.25, 0.3) is 0 Å². The van der Waals surface area contributed by atoms with E-state index in [-0.39, 0.29) is 5.69 Å². The Morgan fingerprint density at radius 2 is 1.70 bits per heavy atom. The Hall–Kier alpha value is -2.38. The molecule has 0 radical (unpaired) electrons. The fraction of sp³-hybridized carbons (Fsp3) is 0.300. The summed E-state index contributed by atoms with van der Waals surface area (Å²) >= 11 is 5.63. The van der Waals surface area contributed by atoms with E-state index in [1.165, 1.54) is 18.6 Å². The van der Waals surface area contributed by atoms with E-state index in [0.717, 1.165) is 37.6 Å². The van der Waals surface area contributed by atoms with Crippen molar-refractivity contribution in [2.45, 2.75) is 25.9 Å². The zero-order chi connectivity index (χ0) is 18.8. The van der Waals surface area contributed by atoms with Crippen LogP contribution in [0.25, 0.3) is 17.1 Å². The second kappa shape index (κ2) is 7.70. The smallest absolute Gasteiger partial charge is 0.204 e. The molecule has 4 nitrogen and oxygen atoms in total. The van der Waals surface area contributed by atoms with Crippen molar-refractivity contribution in [1.29, 1.82) is 0 Å². The molecule has 0 amide bonds. The predicted molar refractivity (Wildman–Crippen MR) is 103 cm³/mol. The van der Waals surface area contributed by atoms with Crippen LogP contribution in [0.2, 0.25) is 0 Å². The Labute approximate surface area is 161 Å². The molecule has 1 saturated heterocycles. The Kier molecular flexibility index (Phi) is 5.13. The summed E-state index contributed by atoms with van der Waals surface area (Å²) < 4.78 is 31.6. The van der Waals surface area contributed by atoms with Gasteiger partial charge in [0.05, 0.1) is 12.4 Å². The molecule has 140 valence electrons. The Morgan fingerprint density at radius 3 is 2.41 bits per heavy atom. The molecule has 0 spiro atoms. The van der Waals surface area contributed by atoms with Crippen LogP contribution in [0.1, 0.15) is 19.3 Å². The molecule has 0 bridgehead atoms. The molecule has 2 heterocycles. The van der Waals surface area contributed by atoms with Gasteiger partial charge in [-0.1, -0.05) is 36.8 Å². The minimum Gasteiger partial charge on any atom is -0.284 e. The highest BCUT2D eigenvalue weighted by Crippen LogP contribution is 2.25. The number of nitrogens with zero attached hydrogens (tertiary/aromatic N) is 4. The van der Waals surface area contributed by atoms with Crippen LogP contribution in [0.5, 0.6) is 0 Å². The molecule has 4 rings (SSSR count). The first kappa shape index (κ1) is 18.0. The average Bonchev–Trinajstić information content (AvgIpc) is 3.00. The van der Waals surface area contributed by atoms with Gasteiger partial charge in [-0.05, 0) is 50.3 Å². The minimum atomic E-state index is -0.666. The molecule has 1 aromatic heterocycles. The molecule has 0 aliphatic carbocycles. The molecule has 1 aliphatic rings. The van der Waals surface area contributed by atoms with E-state index in [1.54, 1.807) is 9.25 Å². The molecular formula is C20H20F2N4S. The van der Waals surface area contributed by atoms with Gasteiger partial charge in [-0.25, -0.2) is 13.5 Å². The van der Waals surface area contributed by atoms with Gasteiger partial charge in [0.1, 0.15) is 11.6 Å². The highest BCUT2D eigenvalue weighted by Gasteiger charge is 2.19. The maximum absolute atomic E-state index is 14.5. The van der Waals surface area contributed by atoms with Crippen LogP contribution >= 0.6 is 12.2 Å². The SMILES string of the molecule is Fc1ccc(-n2c(-c3ccccc3)nn(CN3CCCCC3)c2=S)c(F)c1.